The number of hydrogen-bond acceptors (Lipinski definition) is 2. The molecule has 0 saturated heterocycles. The van der Waals surface area contributed by atoms with Gasteiger partial charge in [-0.3, -0.25) is 5.41 Å². The van der Waals surface area contributed by atoms with E-state index in [0.717, 1.165) is 11.3 Å². The van der Waals surface area contributed by atoms with Gasteiger partial charge in [0.25, 0.3) is 0 Å². The zero-order valence-corrected chi connectivity index (χ0v) is 11.6. The van der Waals surface area contributed by atoms with Gasteiger partial charge >= 0.3 is 0 Å². The van der Waals surface area contributed by atoms with Crippen LogP contribution in [0, 0.1) is 5.41 Å². The lowest BCUT2D eigenvalue weighted by atomic mass is 10.1. The molecule has 0 aliphatic heterocycles. The van der Waals surface area contributed by atoms with Gasteiger partial charge in [-0.1, -0.05) is 69.4 Å². The van der Waals surface area contributed by atoms with E-state index in [0.29, 0.717) is 5.04 Å². The largest absolute Gasteiger partial charge is 0.293 e. The number of unbranched alkanes of at least 4 members (excludes halogenated alkanes) is 5. The Morgan fingerprint density at radius 3 is 2.35 bits per heavy atom. The van der Waals surface area contributed by atoms with Crippen molar-refractivity contribution in [2.75, 3.05) is 5.75 Å². The summed E-state index contributed by atoms with van der Waals surface area (Å²) in [5, 5.41) is 8.65. The summed E-state index contributed by atoms with van der Waals surface area (Å²) in [7, 11) is 0. The number of benzene rings is 1. The molecule has 0 amide bonds. The quantitative estimate of drug-likeness (QED) is 0.386. The predicted octanol–water partition coefficient (Wildman–Crippen LogP) is 5.11. The Morgan fingerprint density at radius 2 is 1.65 bits per heavy atom. The molecule has 0 unspecified atom stereocenters. The Bertz CT molecular complexity index is 308. The van der Waals surface area contributed by atoms with Gasteiger partial charge in [0.1, 0.15) is 0 Å². The molecule has 0 fully saturated rings. The Balaban J connectivity index is 2.05. The molecule has 0 radical (unpaired) electrons. The SMILES string of the molecule is CCCCCCCCSC(=N)c1ccccc1. The van der Waals surface area contributed by atoms with Gasteiger partial charge in [0.15, 0.2) is 0 Å². The van der Waals surface area contributed by atoms with Gasteiger partial charge < -0.3 is 0 Å². The maximum atomic E-state index is 7.94. The fraction of sp³-hybridized carbons (Fsp3) is 0.533. The fourth-order valence-electron chi connectivity index (χ4n) is 1.73. The molecule has 0 bridgehead atoms. The monoisotopic (exact) mass is 249 g/mol. The molecule has 0 aromatic heterocycles. The highest BCUT2D eigenvalue weighted by atomic mass is 32.2. The molecule has 1 N–H and O–H groups in total. The Labute approximate surface area is 110 Å². The van der Waals surface area contributed by atoms with Crippen molar-refractivity contribution in [1.82, 2.24) is 0 Å². The summed E-state index contributed by atoms with van der Waals surface area (Å²) in [6.45, 7) is 2.25. The molecule has 2 heteroatoms. The smallest absolute Gasteiger partial charge is 0.0942 e. The van der Waals surface area contributed by atoms with E-state index in [9.17, 15) is 0 Å². The summed E-state index contributed by atoms with van der Waals surface area (Å²) in [4.78, 5) is 0. The summed E-state index contributed by atoms with van der Waals surface area (Å²) < 4.78 is 0. The molecule has 0 atom stereocenters. The number of thioether (sulfide) groups is 1. The van der Waals surface area contributed by atoms with Crippen LogP contribution in [0.3, 0.4) is 0 Å². The zero-order chi connectivity index (χ0) is 12.3. The van der Waals surface area contributed by atoms with Gasteiger partial charge in [-0.2, -0.15) is 0 Å². The predicted molar refractivity (Wildman–Crippen MR) is 79.1 cm³/mol. The lowest BCUT2D eigenvalue weighted by molar-refractivity contribution is 0.627. The second-order valence-corrected chi connectivity index (χ2v) is 5.42. The lowest BCUT2D eigenvalue weighted by Crippen LogP contribution is -1.94. The summed E-state index contributed by atoms with van der Waals surface area (Å²) in [5.74, 6) is 1.08. The molecule has 0 spiro atoms. The standard InChI is InChI=1S/C15H23NS/c1-2-3-4-5-6-10-13-17-15(16)14-11-8-7-9-12-14/h7-9,11-12,16H,2-6,10,13H2,1H3. The van der Waals surface area contributed by atoms with E-state index in [2.05, 4.69) is 6.92 Å². The van der Waals surface area contributed by atoms with E-state index in [1.165, 1.54) is 38.5 Å². The van der Waals surface area contributed by atoms with E-state index in [1.54, 1.807) is 11.8 Å². The van der Waals surface area contributed by atoms with Crippen LogP contribution in [0.1, 0.15) is 51.0 Å². The van der Waals surface area contributed by atoms with Crippen molar-refractivity contribution < 1.29 is 0 Å². The highest BCUT2D eigenvalue weighted by molar-refractivity contribution is 8.14. The average Bonchev–Trinajstić information content (AvgIpc) is 2.38. The normalized spacial score (nSPS) is 10.4. The third-order valence-corrected chi connectivity index (χ3v) is 3.80. The molecular formula is C15H23NS. The molecule has 0 aliphatic carbocycles. The van der Waals surface area contributed by atoms with E-state index >= 15 is 0 Å². The molecule has 0 heterocycles. The van der Waals surface area contributed by atoms with Crippen LogP contribution >= 0.6 is 11.8 Å². The van der Waals surface area contributed by atoms with E-state index in [4.69, 9.17) is 5.41 Å². The van der Waals surface area contributed by atoms with Crippen LogP contribution in [0.25, 0.3) is 0 Å². The topological polar surface area (TPSA) is 23.9 Å². The van der Waals surface area contributed by atoms with Gasteiger partial charge in [0.2, 0.25) is 0 Å². The first kappa shape index (κ1) is 14.3. The number of rotatable bonds is 8. The van der Waals surface area contributed by atoms with Crippen LogP contribution in [-0.4, -0.2) is 10.8 Å². The number of hydrogen-bond donors (Lipinski definition) is 1. The average molecular weight is 249 g/mol. The van der Waals surface area contributed by atoms with Crippen LogP contribution in [0.2, 0.25) is 0 Å². The van der Waals surface area contributed by atoms with Crippen LogP contribution in [0.4, 0.5) is 0 Å². The third kappa shape index (κ3) is 6.52. The van der Waals surface area contributed by atoms with Crippen molar-refractivity contribution in [2.45, 2.75) is 45.4 Å². The summed E-state index contributed by atoms with van der Waals surface area (Å²) in [6, 6.07) is 10.0. The van der Waals surface area contributed by atoms with Gasteiger partial charge in [-0.25, -0.2) is 0 Å². The van der Waals surface area contributed by atoms with Crippen LogP contribution in [0.15, 0.2) is 30.3 Å². The van der Waals surface area contributed by atoms with Gasteiger partial charge in [0.05, 0.1) is 5.04 Å². The van der Waals surface area contributed by atoms with Crippen LogP contribution in [-0.2, 0) is 0 Å². The van der Waals surface area contributed by atoms with Crippen molar-refractivity contribution in [1.29, 1.82) is 5.41 Å². The van der Waals surface area contributed by atoms with Crippen molar-refractivity contribution in [3.8, 4) is 0 Å². The maximum Gasteiger partial charge on any atom is 0.0942 e. The first-order valence-electron chi connectivity index (χ1n) is 6.61. The molecule has 0 aliphatic rings. The maximum absolute atomic E-state index is 7.94. The highest BCUT2D eigenvalue weighted by Gasteiger charge is 2.00. The fourth-order valence-corrected chi connectivity index (χ4v) is 2.58. The minimum Gasteiger partial charge on any atom is -0.293 e. The number of nitrogens with one attached hydrogen (secondary N) is 1. The molecule has 1 aromatic carbocycles. The van der Waals surface area contributed by atoms with Gasteiger partial charge in [-0.05, 0) is 12.2 Å². The van der Waals surface area contributed by atoms with Crippen LogP contribution < -0.4 is 0 Å². The van der Waals surface area contributed by atoms with E-state index in [1.807, 2.05) is 30.3 Å². The minimum atomic E-state index is 0.708. The molecule has 1 rings (SSSR count). The summed E-state index contributed by atoms with van der Waals surface area (Å²) in [6.07, 6.45) is 7.96. The van der Waals surface area contributed by atoms with Crippen molar-refractivity contribution in [3.63, 3.8) is 0 Å². The second-order valence-electron chi connectivity index (χ2n) is 4.31. The Morgan fingerprint density at radius 1 is 1.00 bits per heavy atom. The highest BCUT2D eigenvalue weighted by Crippen LogP contribution is 2.15. The molecule has 0 saturated carbocycles. The molecule has 1 aromatic rings. The second kappa shape index (κ2) is 9.29. The van der Waals surface area contributed by atoms with Gasteiger partial charge in [0, 0.05) is 5.56 Å². The minimum absolute atomic E-state index is 0.708. The van der Waals surface area contributed by atoms with Crippen molar-refractivity contribution >= 4 is 16.8 Å². The van der Waals surface area contributed by atoms with Crippen molar-refractivity contribution in [3.05, 3.63) is 35.9 Å². The first-order valence-corrected chi connectivity index (χ1v) is 7.60. The van der Waals surface area contributed by atoms with Crippen molar-refractivity contribution in [2.24, 2.45) is 0 Å². The van der Waals surface area contributed by atoms with Gasteiger partial charge in [-0.15, -0.1) is 11.8 Å². The lowest BCUT2D eigenvalue weighted by Gasteiger charge is -2.03. The Kier molecular flexibility index (Phi) is 7.81. The molecule has 1 nitrogen and oxygen atoms in total. The zero-order valence-electron chi connectivity index (χ0n) is 10.7. The molecule has 17 heavy (non-hydrogen) atoms. The first-order chi connectivity index (χ1) is 8.34. The summed E-state index contributed by atoms with van der Waals surface area (Å²) >= 11 is 1.68. The summed E-state index contributed by atoms with van der Waals surface area (Å²) in [5.41, 5.74) is 1.04. The molecular weight excluding hydrogens is 226 g/mol. The van der Waals surface area contributed by atoms with E-state index in [-0.39, 0.29) is 0 Å². The van der Waals surface area contributed by atoms with E-state index < -0.39 is 0 Å². The molecule has 94 valence electrons. The third-order valence-electron chi connectivity index (χ3n) is 2.78. The van der Waals surface area contributed by atoms with Crippen LogP contribution in [0.5, 0.6) is 0 Å². The Hall–Kier alpha value is -0.760.